The molecule has 1 aromatic rings. The highest BCUT2D eigenvalue weighted by atomic mass is 16.2. The van der Waals surface area contributed by atoms with Gasteiger partial charge in [0.1, 0.15) is 0 Å². The first kappa shape index (κ1) is 25.3. The third-order valence-corrected chi connectivity index (χ3v) is 5.50. The number of carbonyl (C=O) groups excluding carboxylic acids is 2. The highest BCUT2D eigenvalue weighted by Gasteiger charge is 2.24. The summed E-state index contributed by atoms with van der Waals surface area (Å²) in [6.45, 7) is 17.0. The Balaban J connectivity index is 0.000000989. The molecule has 0 aliphatic carbocycles. The summed E-state index contributed by atoms with van der Waals surface area (Å²) in [6.07, 6.45) is 3.45. The molecular weight excluding hydrogens is 362 g/mol. The van der Waals surface area contributed by atoms with Gasteiger partial charge in [0.25, 0.3) is 5.91 Å². The lowest BCUT2D eigenvalue weighted by Gasteiger charge is -2.34. The molecular formula is C24H41N3O2. The van der Waals surface area contributed by atoms with Gasteiger partial charge < -0.3 is 15.1 Å². The van der Waals surface area contributed by atoms with E-state index in [-0.39, 0.29) is 11.7 Å². The van der Waals surface area contributed by atoms with Crippen LogP contribution >= 0.6 is 0 Å². The largest absolute Gasteiger partial charge is 0.339 e. The van der Waals surface area contributed by atoms with Gasteiger partial charge >= 0.3 is 0 Å². The minimum absolute atomic E-state index is 0.0318. The Morgan fingerprint density at radius 2 is 1.41 bits per heavy atom. The first-order chi connectivity index (χ1) is 14.1. The monoisotopic (exact) mass is 403 g/mol. The van der Waals surface area contributed by atoms with Crippen LogP contribution in [-0.4, -0.2) is 67.3 Å². The van der Waals surface area contributed by atoms with Crippen LogP contribution in [0.25, 0.3) is 0 Å². The number of rotatable bonds is 5. The molecule has 0 aromatic heterocycles. The minimum atomic E-state index is 0.0318. The molecule has 5 nitrogen and oxygen atoms in total. The van der Waals surface area contributed by atoms with Gasteiger partial charge in [0.2, 0.25) is 0 Å². The maximum absolute atomic E-state index is 12.6. The maximum Gasteiger partial charge on any atom is 0.253 e. The summed E-state index contributed by atoms with van der Waals surface area (Å²) >= 11 is 0. The molecule has 0 atom stereocenters. The molecule has 3 rings (SSSR count). The van der Waals surface area contributed by atoms with Crippen molar-refractivity contribution in [3.05, 3.63) is 35.4 Å². The van der Waals surface area contributed by atoms with Gasteiger partial charge in [-0.2, -0.15) is 0 Å². The smallest absolute Gasteiger partial charge is 0.253 e. The van der Waals surface area contributed by atoms with E-state index in [4.69, 9.17) is 0 Å². The van der Waals surface area contributed by atoms with E-state index >= 15 is 0 Å². The Kier molecular flexibility index (Phi) is 12.5. The second-order valence-electron chi connectivity index (χ2n) is 7.25. The Morgan fingerprint density at radius 1 is 0.897 bits per heavy atom. The highest BCUT2D eigenvalue weighted by molar-refractivity contribution is 5.97. The normalized spacial score (nSPS) is 17.5. The van der Waals surface area contributed by atoms with Crippen LogP contribution in [0.15, 0.2) is 24.3 Å². The number of nitrogens with one attached hydrogen (secondary N) is 1. The standard InChI is InChI=1S/C20H29N3O2.2C2H6/c1-16(24)18-2-4-19(5-3-18)20(25)23-12-7-17(8-13-23)6-11-22-14-9-21-10-15-22;2*1-2/h2-5,17,21H,6-15H2,1H3;2*1-2H3. The highest BCUT2D eigenvalue weighted by Crippen LogP contribution is 2.22. The fourth-order valence-electron chi connectivity index (χ4n) is 3.75. The zero-order valence-corrected chi connectivity index (χ0v) is 19.2. The van der Waals surface area contributed by atoms with Crippen LogP contribution in [-0.2, 0) is 0 Å². The Labute approximate surface area is 177 Å². The van der Waals surface area contributed by atoms with Crippen molar-refractivity contribution in [3.63, 3.8) is 0 Å². The van der Waals surface area contributed by atoms with Crippen LogP contribution in [0.5, 0.6) is 0 Å². The van der Waals surface area contributed by atoms with Crippen LogP contribution in [0, 0.1) is 5.92 Å². The Hall–Kier alpha value is -1.72. The van der Waals surface area contributed by atoms with Gasteiger partial charge in [-0.15, -0.1) is 0 Å². The summed E-state index contributed by atoms with van der Waals surface area (Å²) in [7, 11) is 0. The molecule has 2 aliphatic rings. The summed E-state index contributed by atoms with van der Waals surface area (Å²) in [6, 6.07) is 7.04. The van der Waals surface area contributed by atoms with Crippen molar-refractivity contribution in [2.45, 2.75) is 53.9 Å². The third kappa shape index (κ3) is 8.27. The molecule has 0 spiro atoms. The number of piperazine rings is 1. The third-order valence-electron chi connectivity index (χ3n) is 5.50. The summed E-state index contributed by atoms with van der Waals surface area (Å²) < 4.78 is 0. The van der Waals surface area contributed by atoms with Gasteiger partial charge in [0.05, 0.1) is 0 Å². The number of hydrogen-bond donors (Lipinski definition) is 1. The molecule has 2 aliphatic heterocycles. The quantitative estimate of drug-likeness (QED) is 0.753. The molecule has 0 unspecified atom stereocenters. The average molecular weight is 404 g/mol. The number of carbonyl (C=O) groups is 2. The lowest BCUT2D eigenvalue weighted by Crippen LogP contribution is -2.44. The van der Waals surface area contributed by atoms with Crippen LogP contribution in [0.3, 0.4) is 0 Å². The molecule has 2 fully saturated rings. The summed E-state index contributed by atoms with van der Waals surface area (Å²) in [5.74, 6) is 0.860. The number of ketones is 1. The van der Waals surface area contributed by atoms with E-state index < -0.39 is 0 Å². The van der Waals surface area contributed by atoms with Gasteiger partial charge in [-0.25, -0.2) is 0 Å². The number of hydrogen-bond acceptors (Lipinski definition) is 4. The van der Waals surface area contributed by atoms with E-state index in [0.717, 1.165) is 58.0 Å². The fraction of sp³-hybridized carbons (Fsp3) is 0.667. The second-order valence-corrected chi connectivity index (χ2v) is 7.25. The lowest BCUT2D eigenvalue weighted by atomic mass is 9.93. The van der Waals surface area contributed by atoms with E-state index in [1.165, 1.54) is 13.0 Å². The molecule has 2 saturated heterocycles. The molecule has 0 bridgehead atoms. The van der Waals surface area contributed by atoms with Crippen molar-refractivity contribution in [2.24, 2.45) is 5.92 Å². The summed E-state index contributed by atoms with van der Waals surface area (Å²) in [4.78, 5) is 28.5. The SMILES string of the molecule is CC.CC.CC(=O)c1ccc(C(=O)N2CCC(CCN3CCNCC3)CC2)cc1. The molecule has 5 heteroatoms. The average Bonchev–Trinajstić information content (AvgIpc) is 2.81. The van der Waals surface area contributed by atoms with E-state index in [2.05, 4.69) is 10.2 Å². The predicted molar refractivity (Wildman–Crippen MR) is 122 cm³/mol. The minimum Gasteiger partial charge on any atom is -0.339 e. The lowest BCUT2D eigenvalue weighted by molar-refractivity contribution is 0.0679. The molecule has 2 heterocycles. The Morgan fingerprint density at radius 3 is 1.93 bits per heavy atom. The van der Waals surface area contributed by atoms with Crippen molar-refractivity contribution in [1.82, 2.24) is 15.1 Å². The van der Waals surface area contributed by atoms with Crippen molar-refractivity contribution in [1.29, 1.82) is 0 Å². The van der Waals surface area contributed by atoms with Crippen LogP contribution < -0.4 is 5.32 Å². The number of nitrogens with zero attached hydrogens (tertiary/aromatic N) is 2. The van der Waals surface area contributed by atoms with Crippen LogP contribution in [0.4, 0.5) is 0 Å². The van der Waals surface area contributed by atoms with Gasteiger partial charge in [-0.05, 0) is 50.8 Å². The number of likely N-dealkylation sites (tertiary alicyclic amines) is 1. The zero-order chi connectivity index (χ0) is 21.6. The topological polar surface area (TPSA) is 52.7 Å². The molecule has 1 aromatic carbocycles. The van der Waals surface area contributed by atoms with Crippen molar-refractivity contribution in [2.75, 3.05) is 45.8 Å². The van der Waals surface area contributed by atoms with Crippen LogP contribution in [0.1, 0.15) is 74.6 Å². The van der Waals surface area contributed by atoms with Gasteiger partial charge in [0, 0.05) is 50.4 Å². The summed E-state index contributed by atoms with van der Waals surface area (Å²) in [5, 5.41) is 3.39. The molecule has 1 amide bonds. The first-order valence-corrected chi connectivity index (χ1v) is 11.5. The van der Waals surface area contributed by atoms with E-state index in [1.807, 2.05) is 32.6 Å². The van der Waals surface area contributed by atoms with E-state index in [0.29, 0.717) is 11.1 Å². The number of piperidine rings is 1. The molecule has 1 N–H and O–H groups in total. The molecule has 29 heavy (non-hydrogen) atoms. The van der Waals surface area contributed by atoms with Crippen molar-refractivity contribution >= 4 is 11.7 Å². The number of Topliss-reactive ketones (excluding diaryl/α,β-unsaturated/α-hetero) is 1. The first-order valence-electron chi connectivity index (χ1n) is 11.5. The van der Waals surface area contributed by atoms with Crippen molar-refractivity contribution in [3.8, 4) is 0 Å². The molecule has 164 valence electrons. The van der Waals surface area contributed by atoms with Gasteiger partial charge in [-0.3, -0.25) is 9.59 Å². The van der Waals surface area contributed by atoms with Crippen LogP contribution in [0.2, 0.25) is 0 Å². The van der Waals surface area contributed by atoms with E-state index in [9.17, 15) is 9.59 Å². The zero-order valence-electron chi connectivity index (χ0n) is 19.2. The summed E-state index contributed by atoms with van der Waals surface area (Å²) in [5.41, 5.74) is 1.34. The molecule has 0 saturated carbocycles. The van der Waals surface area contributed by atoms with Gasteiger partial charge in [-0.1, -0.05) is 39.8 Å². The second kappa shape index (κ2) is 14.3. The Bertz CT molecular complexity index is 587. The predicted octanol–water partition coefficient (Wildman–Crippen LogP) is 4.09. The number of benzene rings is 1. The number of amides is 1. The van der Waals surface area contributed by atoms with Crippen molar-refractivity contribution < 1.29 is 9.59 Å². The van der Waals surface area contributed by atoms with E-state index in [1.54, 1.807) is 31.2 Å². The fourth-order valence-corrected chi connectivity index (χ4v) is 3.75. The maximum atomic E-state index is 12.6. The van der Waals surface area contributed by atoms with Gasteiger partial charge in [0.15, 0.2) is 5.78 Å². The molecule has 0 radical (unpaired) electrons.